The Labute approximate surface area is 227 Å². The molecule has 0 saturated heterocycles. The van der Waals surface area contributed by atoms with Gasteiger partial charge >= 0.3 is 0 Å². The molecule has 0 amide bonds. The summed E-state index contributed by atoms with van der Waals surface area (Å²) in [6, 6.07) is 39.6. The minimum Gasteiger partial charge on any atom is -0.255 e. The molecule has 1 aliphatic rings. The smallest absolute Gasteiger partial charge is 0.0892 e. The summed E-state index contributed by atoms with van der Waals surface area (Å²) in [6.07, 6.45) is 3.69. The molecule has 2 nitrogen and oxygen atoms in total. The highest BCUT2D eigenvalue weighted by atomic mass is 14.8. The first-order valence-electron chi connectivity index (χ1n) is 13.5. The van der Waals surface area contributed by atoms with E-state index in [0.29, 0.717) is 0 Å². The van der Waals surface area contributed by atoms with Crippen LogP contribution in [0.5, 0.6) is 0 Å². The average Bonchev–Trinajstić information content (AvgIpc) is 3.22. The Bertz CT molecular complexity index is 2090. The summed E-state index contributed by atoms with van der Waals surface area (Å²) in [5, 5.41) is 7.88. The summed E-state index contributed by atoms with van der Waals surface area (Å²) in [7, 11) is 0. The van der Waals surface area contributed by atoms with Crippen molar-refractivity contribution in [3.05, 3.63) is 133 Å². The third-order valence-corrected chi connectivity index (χ3v) is 8.50. The zero-order valence-corrected chi connectivity index (χ0v) is 21.9. The molecule has 0 spiro atoms. The topological polar surface area (TPSA) is 25.8 Å². The molecule has 0 atom stereocenters. The fraction of sp³-hybridized carbons (Fsp3) is 0.0811. The van der Waals surface area contributed by atoms with E-state index in [1.54, 1.807) is 0 Å². The van der Waals surface area contributed by atoms with Crippen LogP contribution in [-0.2, 0) is 5.41 Å². The number of hydrogen-bond donors (Lipinski definition) is 0. The van der Waals surface area contributed by atoms with Gasteiger partial charge in [-0.3, -0.25) is 9.97 Å². The zero-order valence-electron chi connectivity index (χ0n) is 21.9. The van der Waals surface area contributed by atoms with E-state index < -0.39 is 0 Å². The molecule has 7 aromatic rings. The van der Waals surface area contributed by atoms with Crippen LogP contribution in [0.25, 0.3) is 66.0 Å². The molecular formula is C37H26N2. The molecule has 0 unspecified atom stereocenters. The van der Waals surface area contributed by atoms with Gasteiger partial charge in [-0.05, 0) is 108 Å². The first-order chi connectivity index (χ1) is 19.1. The maximum atomic E-state index is 4.57. The molecule has 5 aromatic carbocycles. The van der Waals surface area contributed by atoms with E-state index in [1.165, 1.54) is 60.1 Å². The number of pyridine rings is 2. The molecule has 0 saturated carbocycles. The molecule has 2 aromatic heterocycles. The number of nitrogens with zero attached hydrogens (tertiary/aromatic N) is 2. The molecule has 2 heterocycles. The summed E-state index contributed by atoms with van der Waals surface area (Å²) in [4.78, 5) is 9.06. The van der Waals surface area contributed by atoms with Crippen molar-refractivity contribution in [1.82, 2.24) is 9.97 Å². The first kappa shape index (κ1) is 22.2. The number of aromatic nitrogens is 2. The summed E-state index contributed by atoms with van der Waals surface area (Å²) < 4.78 is 0. The predicted molar refractivity (Wildman–Crippen MR) is 163 cm³/mol. The van der Waals surface area contributed by atoms with Crippen LogP contribution >= 0.6 is 0 Å². The number of fused-ring (bicyclic) bond motifs is 9. The van der Waals surface area contributed by atoms with Gasteiger partial charge in [0.15, 0.2) is 0 Å². The third kappa shape index (κ3) is 3.21. The summed E-state index contributed by atoms with van der Waals surface area (Å²) in [5.41, 5.74) is 9.58. The Kier molecular flexibility index (Phi) is 4.60. The van der Waals surface area contributed by atoms with E-state index in [0.717, 1.165) is 17.0 Å². The monoisotopic (exact) mass is 498 g/mol. The van der Waals surface area contributed by atoms with E-state index >= 15 is 0 Å². The highest BCUT2D eigenvalue weighted by molar-refractivity contribution is 6.18. The average molecular weight is 499 g/mol. The quantitative estimate of drug-likeness (QED) is 0.222. The Hall–Kier alpha value is -4.82. The lowest BCUT2D eigenvalue weighted by molar-refractivity contribution is 0.667. The van der Waals surface area contributed by atoms with Crippen molar-refractivity contribution in [3.63, 3.8) is 0 Å². The number of benzene rings is 5. The van der Waals surface area contributed by atoms with Gasteiger partial charge in [-0.2, -0.15) is 0 Å². The maximum Gasteiger partial charge on any atom is 0.0892 e. The van der Waals surface area contributed by atoms with Crippen molar-refractivity contribution in [2.75, 3.05) is 0 Å². The van der Waals surface area contributed by atoms with Crippen molar-refractivity contribution < 1.29 is 0 Å². The van der Waals surface area contributed by atoms with Gasteiger partial charge in [0.1, 0.15) is 0 Å². The fourth-order valence-corrected chi connectivity index (χ4v) is 6.67. The second-order valence-electron chi connectivity index (χ2n) is 11.1. The van der Waals surface area contributed by atoms with Crippen LogP contribution in [-0.4, -0.2) is 9.97 Å². The first-order valence-corrected chi connectivity index (χ1v) is 13.5. The SMILES string of the molecule is CC1(C)c2cc3cc(-c4ccnc(-c5ccccn5)c4)ccc3cc2-c2c1c1ccccc1c1ccccc21. The summed E-state index contributed by atoms with van der Waals surface area (Å²) in [5.74, 6) is 0. The largest absolute Gasteiger partial charge is 0.255 e. The standard InChI is InChI=1S/C37H26N2/c1-37(2)32-21-26-19-23(25-16-18-39-34(22-25)33-13-7-8-17-38-33)14-15-24(26)20-31(32)35-29-11-5-3-9-27(29)28-10-4-6-12-30(28)36(35)37/h3-22H,1-2H3. The van der Waals surface area contributed by atoms with Gasteiger partial charge in [-0.15, -0.1) is 0 Å². The third-order valence-electron chi connectivity index (χ3n) is 8.50. The Morgan fingerprint density at radius 2 is 1.21 bits per heavy atom. The van der Waals surface area contributed by atoms with Gasteiger partial charge in [0.25, 0.3) is 0 Å². The molecule has 0 fully saturated rings. The van der Waals surface area contributed by atoms with Gasteiger partial charge in [0, 0.05) is 17.8 Å². The fourth-order valence-electron chi connectivity index (χ4n) is 6.67. The minimum absolute atomic E-state index is 0.110. The van der Waals surface area contributed by atoms with E-state index in [9.17, 15) is 0 Å². The van der Waals surface area contributed by atoms with Gasteiger partial charge in [0.2, 0.25) is 0 Å². The van der Waals surface area contributed by atoms with E-state index in [1.807, 2.05) is 30.6 Å². The molecule has 39 heavy (non-hydrogen) atoms. The molecule has 0 radical (unpaired) electrons. The molecule has 1 aliphatic carbocycles. The normalized spacial score (nSPS) is 13.6. The van der Waals surface area contributed by atoms with Crippen molar-refractivity contribution >= 4 is 32.3 Å². The number of rotatable bonds is 2. The van der Waals surface area contributed by atoms with Crippen molar-refractivity contribution in [3.8, 4) is 33.6 Å². The van der Waals surface area contributed by atoms with Crippen LogP contribution in [0.15, 0.2) is 122 Å². The van der Waals surface area contributed by atoms with Crippen molar-refractivity contribution in [1.29, 1.82) is 0 Å². The second kappa shape index (κ2) is 8.09. The molecular weight excluding hydrogens is 472 g/mol. The zero-order chi connectivity index (χ0) is 26.1. The summed E-state index contributed by atoms with van der Waals surface area (Å²) >= 11 is 0. The van der Waals surface area contributed by atoms with E-state index in [4.69, 9.17) is 0 Å². The Morgan fingerprint density at radius 3 is 2.00 bits per heavy atom. The minimum atomic E-state index is -0.110. The van der Waals surface area contributed by atoms with Crippen LogP contribution in [0.3, 0.4) is 0 Å². The van der Waals surface area contributed by atoms with Crippen LogP contribution in [0.4, 0.5) is 0 Å². The van der Waals surface area contributed by atoms with Crippen molar-refractivity contribution in [2.24, 2.45) is 0 Å². The van der Waals surface area contributed by atoms with Gasteiger partial charge in [-0.1, -0.05) is 80.6 Å². The van der Waals surface area contributed by atoms with Crippen LogP contribution < -0.4 is 0 Å². The molecule has 0 bridgehead atoms. The van der Waals surface area contributed by atoms with Crippen molar-refractivity contribution in [2.45, 2.75) is 19.3 Å². The van der Waals surface area contributed by atoms with E-state index in [-0.39, 0.29) is 5.41 Å². The predicted octanol–water partition coefficient (Wildman–Crippen LogP) is 9.58. The van der Waals surface area contributed by atoms with Crippen LogP contribution in [0, 0.1) is 0 Å². The maximum absolute atomic E-state index is 4.57. The highest BCUT2D eigenvalue weighted by Gasteiger charge is 2.38. The lowest BCUT2D eigenvalue weighted by Crippen LogP contribution is -2.15. The molecule has 8 rings (SSSR count). The van der Waals surface area contributed by atoms with Crippen LogP contribution in [0.1, 0.15) is 25.0 Å². The molecule has 184 valence electrons. The molecule has 2 heteroatoms. The highest BCUT2D eigenvalue weighted by Crippen LogP contribution is 2.55. The lowest BCUT2D eigenvalue weighted by Gasteiger charge is -2.24. The summed E-state index contributed by atoms with van der Waals surface area (Å²) in [6.45, 7) is 4.77. The number of hydrogen-bond acceptors (Lipinski definition) is 2. The Balaban J connectivity index is 1.34. The van der Waals surface area contributed by atoms with E-state index in [2.05, 4.69) is 115 Å². The van der Waals surface area contributed by atoms with Gasteiger partial charge < -0.3 is 0 Å². The molecule has 0 N–H and O–H groups in total. The van der Waals surface area contributed by atoms with Gasteiger partial charge in [0.05, 0.1) is 11.4 Å². The van der Waals surface area contributed by atoms with Crippen LogP contribution in [0.2, 0.25) is 0 Å². The molecule has 0 aliphatic heterocycles. The second-order valence-corrected chi connectivity index (χ2v) is 11.1. The van der Waals surface area contributed by atoms with Gasteiger partial charge in [-0.25, -0.2) is 0 Å². The Morgan fingerprint density at radius 1 is 0.513 bits per heavy atom. The lowest BCUT2D eigenvalue weighted by atomic mass is 9.79.